The van der Waals surface area contributed by atoms with Gasteiger partial charge in [-0.25, -0.2) is 0 Å². The largest absolute Gasteiger partial charge is 0.322 e. The molecule has 0 aliphatic heterocycles. The summed E-state index contributed by atoms with van der Waals surface area (Å²) in [6, 6.07) is 18.7. The molecule has 2 nitrogen and oxygen atoms in total. The molecule has 0 unspecified atom stereocenters. The highest BCUT2D eigenvalue weighted by molar-refractivity contribution is 5.99. The molecule has 0 saturated carbocycles. The van der Waals surface area contributed by atoms with E-state index in [1.807, 2.05) is 48.5 Å². The Bertz CT molecular complexity index is 468. The predicted molar refractivity (Wildman–Crippen MR) is 69.4 cm³/mol. The van der Waals surface area contributed by atoms with Crippen LogP contribution in [0.25, 0.3) is 5.70 Å². The fraction of sp³-hybridized carbons (Fsp3) is 0. The summed E-state index contributed by atoms with van der Waals surface area (Å²) in [4.78, 5) is 11.9. The average molecular weight is 223 g/mol. The summed E-state index contributed by atoms with van der Waals surface area (Å²) >= 11 is 0. The lowest BCUT2D eigenvalue weighted by atomic mass is 10.1. The van der Waals surface area contributed by atoms with Gasteiger partial charge >= 0.3 is 0 Å². The lowest BCUT2D eigenvalue weighted by Crippen LogP contribution is -2.21. The number of nitrogens with one attached hydrogen (secondary N) is 1. The molecular weight excluding hydrogens is 210 g/mol. The summed E-state index contributed by atoms with van der Waals surface area (Å²) in [6.07, 6.45) is 0. The molecule has 0 bridgehead atoms. The van der Waals surface area contributed by atoms with E-state index < -0.39 is 0 Å². The standard InChI is InChI=1S/C15H13NO/c1-12(13-8-4-2-5-9-13)16-15(17)14-10-6-3-7-11-14/h2-11H,1H2,(H,16,17). The summed E-state index contributed by atoms with van der Waals surface area (Å²) in [5.74, 6) is -0.139. The van der Waals surface area contributed by atoms with Crippen LogP contribution in [0.4, 0.5) is 0 Å². The van der Waals surface area contributed by atoms with E-state index in [4.69, 9.17) is 0 Å². The second-order valence-electron chi connectivity index (χ2n) is 3.66. The van der Waals surface area contributed by atoms with Gasteiger partial charge in [-0.1, -0.05) is 55.1 Å². The maximum absolute atomic E-state index is 11.9. The zero-order valence-electron chi connectivity index (χ0n) is 9.39. The van der Waals surface area contributed by atoms with Crippen molar-refractivity contribution in [1.82, 2.24) is 5.32 Å². The molecule has 0 aliphatic carbocycles. The number of rotatable bonds is 3. The van der Waals surface area contributed by atoms with Crippen LogP contribution < -0.4 is 5.32 Å². The zero-order valence-corrected chi connectivity index (χ0v) is 9.39. The summed E-state index contributed by atoms with van der Waals surface area (Å²) in [5.41, 5.74) is 2.15. The first-order valence-corrected chi connectivity index (χ1v) is 5.38. The van der Waals surface area contributed by atoms with Gasteiger partial charge in [-0.2, -0.15) is 0 Å². The third-order valence-corrected chi connectivity index (χ3v) is 2.42. The Labute approximate surface area is 101 Å². The van der Waals surface area contributed by atoms with Gasteiger partial charge in [0, 0.05) is 11.3 Å². The molecule has 0 saturated heterocycles. The fourth-order valence-corrected chi connectivity index (χ4v) is 1.51. The molecule has 0 spiro atoms. The molecule has 0 aromatic heterocycles. The Morgan fingerprint density at radius 1 is 0.824 bits per heavy atom. The van der Waals surface area contributed by atoms with Crippen LogP contribution >= 0.6 is 0 Å². The van der Waals surface area contributed by atoms with Crippen LogP contribution in [-0.2, 0) is 0 Å². The number of carbonyl (C=O) groups excluding carboxylic acids is 1. The SMILES string of the molecule is C=C(NC(=O)c1ccccc1)c1ccccc1. The molecule has 2 aromatic rings. The first kappa shape index (κ1) is 11.1. The highest BCUT2D eigenvalue weighted by atomic mass is 16.1. The number of hydrogen-bond donors (Lipinski definition) is 1. The van der Waals surface area contributed by atoms with E-state index in [1.54, 1.807) is 12.1 Å². The third kappa shape index (κ3) is 2.82. The summed E-state index contributed by atoms with van der Waals surface area (Å²) in [7, 11) is 0. The van der Waals surface area contributed by atoms with Gasteiger partial charge in [-0.15, -0.1) is 0 Å². The first-order chi connectivity index (χ1) is 8.27. The Balaban J connectivity index is 2.08. The van der Waals surface area contributed by atoms with Gasteiger partial charge in [-0.3, -0.25) is 4.79 Å². The molecular formula is C15H13NO. The minimum Gasteiger partial charge on any atom is -0.322 e. The number of carbonyl (C=O) groups is 1. The van der Waals surface area contributed by atoms with Gasteiger partial charge < -0.3 is 5.32 Å². The van der Waals surface area contributed by atoms with Crippen molar-refractivity contribution < 1.29 is 4.79 Å². The van der Waals surface area contributed by atoms with Crippen molar-refractivity contribution in [3.63, 3.8) is 0 Å². The van der Waals surface area contributed by atoms with Crippen molar-refractivity contribution >= 4 is 11.6 Å². The smallest absolute Gasteiger partial charge is 0.255 e. The minimum absolute atomic E-state index is 0.139. The number of amides is 1. The lowest BCUT2D eigenvalue weighted by molar-refractivity contribution is 0.0974. The monoisotopic (exact) mass is 223 g/mol. The van der Waals surface area contributed by atoms with E-state index in [0.29, 0.717) is 11.3 Å². The molecule has 0 aliphatic rings. The van der Waals surface area contributed by atoms with Gasteiger partial charge in [0.2, 0.25) is 0 Å². The Morgan fingerprint density at radius 3 is 1.82 bits per heavy atom. The second kappa shape index (κ2) is 5.12. The summed E-state index contributed by atoms with van der Waals surface area (Å²) in [6.45, 7) is 3.86. The molecule has 2 rings (SSSR count). The van der Waals surface area contributed by atoms with Crippen LogP contribution in [0, 0.1) is 0 Å². The normalized spacial score (nSPS) is 9.65. The van der Waals surface area contributed by atoms with E-state index in [2.05, 4.69) is 11.9 Å². The third-order valence-electron chi connectivity index (χ3n) is 2.42. The highest BCUT2D eigenvalue weighted by Gasteiger charge is 2.06. The average Bonchev–Trinajstić information content (AvgIpc) is 2.40. The minimum atomic E-state index is -0.139. The molecule has 0 radical (unpaired) electrons. The molecule has 2 heteroatoms. The van der Waals surface area contributed by atoms with Gasteiger partial charge in [0.1, 0.15) is 0 Å². The van der Waals surface area contributed by atoms with Crippen molar-refractivity contribution in [2.45, 2.75) is 0 Å². The second-order valence-corrected chi connectivity index (χ2v) is 3.66. The molecule has 17 heavy (non-hydrogen) atoms. The fourth-order valence-electron chi connectivity index (χ4n) is 1.51. The lowest BCUT2D eigenvalue weighted by Gasteiger charge is -2.08. The summed E-state index contributed by atoms with van der Waals surface area (Å²) in [5, 5.41) is 2.78. The van der Waals surface area contributed by atoms with Crippen LogP contribution in [0.1, 0.15) is 15.9 Å². The first-order valence-electron chi connectivity index (χ1n) is 5.38. The van der Waals surface area contributed by atoms with Crippen molar-refractivity contribution in [2.75, 3.05) is 0 Å². The van der Waals surface area contributed by atoms with Crippen LogP contribution in [0.5, 0.6) is 0 Å². The number of benzene rings is 2. The van der Waals surface area contributed by atoms with Crippen LogP contribution in [0.2, 0.25) is 0 Å². The van der Waals surface area contributed by atoms with Gasteiger partial charge in [0.05, 0.1) is 0 Å². The Kier molecular flexibility index (Phi) is 3.36. The molecule has 0 heterocycles. The maximum Gasteiger partial charge on any atom is 0.255 e. The Morgan fingerprint density at radius 2 is 1.29 bits per heavy atom. The van der Waals surface area contributed by atoms with Crippen LogP contribution in [0.15, 0.2) is 67.2 Å². The van der Waals surface area contributed by atoms with Crippen LogP contribution in [-0.4, -0.2) is 5.91 Å². The van der Waals surface area contributed by atoms with Crippen LogP contribution in [0.3, 0.4) is 0 Å². The van der Waals surface area contributed by atoms with E-state index in [0.717, 1.165) is 5.56 Å². The molecule has 0 atom stereocenters. The number of hydrogen-bond acceptors (Lipinski definition) is 1. The van der Waals surface area contributed by atoms with E-state index in [-0.39, 0.29) is 5.91 Å². The van der Waals surface area contributed by atoms with Gasteiger partial charge in [0.15, 0.2) is 0 Å². The van der Waals surface area contributed by atoms with Crippen molar-refractivity contribution in [3.05, 3.63) is 78.4 Å². The van der Waals surface area contributed by atoms with Gasteiger partial charge in [-0.05, 0) is 17.7 Å². The topological polar surface area (TPSA) is 29.1 Å². The maximum atomic E-state index is 11.9. The van der Waals surface area contributed by atoms with Crippen molar-refractivity contribution in [2.24, 2.45) is 0 Å². The van der Waals surface area contributed by atoms with E-state index >= 15 is 0 Å². The molecule has 0 fully saturated rings. The highest BCUT2D eigenvalue weighted by Crippen LogP contribution is 2.09. The summed E-state index contributed by atoms with van der Waals surface area (Å²) < 4.78 is 0. The quantitative estimate of drug-likeness (QED) is 0.851. The van der Waals surface area contributed by atoms with Gasteiger partial charge in [0.25, 0.3) is 5.91 Å². The predicted octanol–water partition coefficient (Wildman–Crippen LogP) is 3.09. The van der Waals surface area contributed by atoms with E-state index in [1.165, 1.54) is 0 Å². The Hall–Kier alpha value is -2.35. The zero-order chi connectivity index (χ0) is 12.1. The molecule has 1 N–H and O–H groups in total. The molecule has 1 amide bonds. The van der Waals surface area contributed by atoms with E-state index in [9.17, 15) is 4.79 Å². The molecule has 84 valence electrons. The van der Waals surface area contributed by atoms with Crippen molar-refractivity contribution in [3.8, 4) is 0 Å². The van der Waals surface area contributed by atoms with Crippen molar-refractivity contribution in [1.29, 1.82) is 0 Å². The molecule has 2 aromatic carbocycles.